The van der Waals surface area contributed by atoms with Gasteiger partial charge in [0, 0.05) is 20.2 Å². The normalized spacial score (nSPS) is 11.4. The monoisotopic (exact) mass is 149 g/mol. The molecule has 0 aromatic carbocycles. The molecule has 0 amide bonds. The zero-order chi connectivity index (χ0) is 8.53. The van der Waals surface area contributed by atoms with Gasteiger partial charge in [-0.1, -0.05) is 18.2 Å². The van der Waals surface area contributed by atoms with Crippen molar-refractivity contribution in [2.75, 3.05) is 14.1 Å². The molecule has 0 spiro atoms. The fourth-order valence-electron chi connectivity index (χ4n) is 0.449. The Morgan fingerprint density at radius 1 is 1.09 bits per heavy atom. The van der Waals surface area contributed by atoms with Gasteiger partial charge in [-0.05, 0) is 12.3 Å². The van der Waals surface area contributed by atoms with Gasteiger partial charge < -0.3 is 4.90 Å². The summed E-state index contributed by atoms with van der Waals surface area (Å²) in [5.41, 5.74) is 0. The predicted octanol–water partition coefficient (Wildman–Crippen LogP) is 1.70. The summed E-state index contributed by atoms with van der Waals surface area (Å²) in [7, 11) is 3.91. The van der Waals surface area contributed by atoms with Gasteiger partial charge in [-0.15, -0.1) is 0 Å². The molecule has 0 atom stereocenters. The molecule has 0 saturated heterocycles. The number of allylic oxidation sites excluding steroid dienone is 5. The van der Waals surface area contributed by atoms with Gasteiger partial charge >= 0.3 is 0 Å². The second-order valence-corrected chi connectivity index (χ2v) is 2.18. The van der Waals surface area contributed by atoms with Crippen molar-refractivity contribution in [1.82, 2.24) is 4.90 Å². The van der Waals surface area contributed by atoms with Crippen LogP contribution >= 0.6 is 0 Å². The van der Waals surface area contributed by atoms with Crippen molar-refractivity contribution < 1.29 is 0 Å². The third-order valence-electron chi connectivity index (χ3n) is 0.888. The van der Waals surface area contributed by atoms with Gasteiger partial charge in [-0.25, -0.2) is 0 Å². The lowest BCUT2D eigenvalue weighted by molar-refractivity contribution is 0.564. The average Bonchev–Trinajstić information content (AvgIpc) is 1.96. The highest BCUT2D eigenvalue weighted by atomic mass is 15.0. The van der Waals surface area contributed by atoms with Crippen molar-refractivity contribution in [2.45, 2.75) is 0 Å². The number of rotatable bonds is 3. The molecule has 0 aliphatic rings. The lowest BCUT2D eigenvalue weighted by Gasteiger charge is -2.00. The van der Waals surface area contributed by atoms with E-state index in [9.17, 15) is 0 Å². The maximum Gasteiger partial charge on any atom is 0.0912 e. The van der Waals surface area contributed by atoms with E-state index in [1.165, 1.54) is 6.08 Å². The van der Waals surface area contributed by atoms with E-state index >= 15 is 0 Å². The van der Waals surface area contributed by atoms with E-state index in [-0.39, 0.29) is 0 Å². The second-order valence-electron chi connectivity index (χ2n) is 2.18. The van der Waals surface area contributed by atoms with Crippen molar-refractivity contribution in [3.63, 3.8) is 0 Å². The van der Waals surface area contributed by atoms with E-state index in [4.69, 9.17) is 5.26 Å². The largest absolute Gasteiger partial charge is 0.383 e. The van der Waals surface area contributed by atoms with Crippen LogP contribution in [-0.2, 0) is 0 Å². The van der Waals surface area contributed by atoms with Crippen molar-refractivity contribution in [3.8, 4) is 6.07 Å². The minimum atomic E-state index is 1.43. The smallest absolute Gasteiger partial charge is 0.0912 e. The minimum Gasteiger partial charge on any atom is -0.383 e. The Kier molecular flexibility index (Phi) is 5.73. The van der Waals surface area contributed by atoms with Crippen LogP contribution in [0.3, 0.4) is 0 Å². The Bertz CT molecular complexity index is 204. The molecule has 0 aliphatic carbocycles. The molecular weight excluding hydrogens is 137 g/mol. The summed E-state index contributed by atoms with van der Waals surface area (Å²) in [6.45, 7) is 0. The SMILES string of the molecule is CN(C)/C=C/C=C/C=[13CH]/C#N. The Morgan fingerprint density at radius 3 is 2.27 bits per heavy atom. The van der Waals surface area contributed by atoms with Crippen LogP contribution in [-0.4, -0.2) is 19.0 Å². The van der Waals surface area contributed by atoms with E-state index in [0.29, 0.717) is 0 Å². The van der Waals surface area contributed by atoms with Crippen molar-refractivity contribution in [1.29, 1.82) is 5.26 Å². The first-order chi connectivity index (χ1) is 5.27. The molecule has 0 aliphatic heterocycles. The van der Waals surface area contributed by atoms with Gasteiger partial charge in [0.2, 0.25) is 0 Å². The molecule has 0 aromatic heterocycles. The highest BCUT2D eigenvalue weighted by Crippen LogP contribution is 1.81. The summed E-state index contributed by atoms with van der Waals surface area (Å²) in [4.78, 5) is 1.94. The van der Waals surface area contributed by atoms with E-state index in [2.05, 4.69) is 0 Å². The number of hydrogen-bond acceptors (Lipinski definition) is 2. The highest BCUT2D eigenvalue weighted by molar-refractivity contribution is 5.15. The van der Waals surface area contributed by atoms with Crippen molar-refractivity contribution in [2.24, 2.45) is 0 Å². The fraction of sp³-hybridized carbons (Fsp3) is 0.222. The Hall–Kier alpha value is -1.49. The number of hydrogen-bond donors (Lipinski definition) is 0. The summed E-state index contributed by atoms with van der Waals surface area (Å²) in [5, 5.41) is 8.11. The molecule has 0 bridgehead atoms. The summed E-state index contributed by atoms with van der Waals surface area (Å²) in [6, 6.07) is 1.90. The van der Waals surface area contributed by atoms with E-state index in [1.54, 1.807) is 6.08 Å². The van der Waals surface area contributed by atoms with Gasteiger partial charge in [-0.2, -0.15) is 5.26 Å². The lowest BCUT2D eigenvalue weighted by Crippen LogP contribution is -1.99. The van der Waals surface area contributed by atoms with Crippen molar-refractivity contribution in [3.05, 3.63) is 36.6 Å². The molecule has 2 nitrogen and oxygen atoms in total. The topological polar surface area (TPSA) is 27.0 Å². The standard InChI is InChI=1S/C9H12N2/c1-11(2)9-7-5-3-4-6-8-10/h3-7,9H,1-2H3/b5-3+,6-4+,9-7+/i6+1. The molecule has 58 valence electrons. The van der Waals surface area contributed by atoms with E-state index < -0.39 is 0 Å². The molecule has 0 unspecified atom stereocenters. The Labute approximate surface area is 67.7 Å². The summed E-state index contributed by atoms with van der Waals surface area (Å²) in [5.74, 6) is 0. The second kappa shape index (κ2) is 6.63. The molecule has 0 saturated carbocycles. The van der Waals surface area contributed by atoms with Crippen LogP contribution in [0.2, 0.25) is 0 Å². The van der Waals surface area contributed by atoms with Gasteiger partial charge in [-0.3, -0.25) is 0 Å². The van der Waals surface area contributed by atoms with Crippen LogP contribution in [0.4, 0.5) is 0 Å². The minimum absolute atomic E-state index is 1.43. The van der Waals surface area contributed by atoms with Gasteiger partial charge in [0.25, 0.3) is 0 Å². The Morgan fingerprint density at radius 2 is 1.73 bits per heavy atom. The summed E-state index contributed by atoms with van der Waals surface area (Å²) < 4.78 is 0. The fourth-order valence-corrected chi connectivity index (χ4v) is 0.449. The van der Waals surface area contributed by atoms with Crippen LogP contribution in [0.1, 0.15) is 0 Å². The van der Waals surface area contributed by atoms with E-state index in [1.807, 2.05) is 49.5 Å². The molecule has 0 radical (unpaired) electrons. The maximum atomic E-state index is 8.11. The molecule has 0 aromatic rings. The van der Waals surface area contributed by atoms with Gasteiger partial charge in [0.05, 0.1) is 6.07 Å². The molecule has 0 rings (SSSR count). The van der Waals surface area contributed by atoms with Crippen LogP contribution in [0, 0.1) is 11.3 Å². The van der Waals surface area contributed by atoms with E-state index in [0.717, 1.165) is 0 Å². The Balaban J connectivity index is 3.62. The zero-order valence-corrected chi connectivity index (χ0v) is 6.86. The van der Waals surface area contributed by atoms with Crippen LogP contribution < -0.4 is 0 Å². The zero-order valence-electron chi connectivity index (χ0n) is 6.86. The first-order valence-corrected chi connectivity index (χ1v) is 3.33. The highest BCUT2D eigenvalue weighted by Gasteiger charge is 1.69. The third-order valence-corrected chi connectivity index (χ3v) is 0.888. The quantitative estimate of drug-likeness (QED) is 0.347. The molecule has 0 fully saturated rings. The summed E-state index contributed by atoms with van der Waals surface area (Å²) in [6.07, 6.45) is 10.6. The first kappa shape index (κ1) is 9.51. The van der Waals surface area contributed by atoms with Crippen molar-refractivity contribution >= 4 is 0 Å². The van der Waals surface area contributed by atoms with Gasteiger partial charge in [0.15, 0.2) is 0 Å². The predicted molar refractivity (Wildman–Crippen MR) is 46.7 cm³/mol. The molecule has 0 N–H and O–H groups in total. The third kappa shape index (κ3) is 8.51. The van der Waals surface area contributed by atoms with Gasteiger partial charge in [0.1, 0.15) is 0 Å². The molecule has 0 heterocycles. The van der Waals surface area contributed by atoms with Crippen LogP contribution in [0.5, 0.6) is 0 Å². The molecule has 11 heavy (non-hydrogen) atoms. The first-order valence-electron chi connectivity index (χ1n) is 3.33. The molecule has 2 heteroatoms. The average molecular weight is 149 g/mol. The maximum absolute atomic E-state index is 8.11. The van der Waals surface area contributed by atoms with Crippen LogP contribution in [0.15, 0.2) is 36.6 Å². The van der Waals surface area contributed by atoms with Crippen LogP contribution in [0.25, 0.3) is 0 Å². The number of nitriles is 1. The summed E-state index contributed by atoms with van der Waals surface area (Å²) >= 11 is 0. The lowest BCUT2D eigenvalue weighted by atomic mass is 10.5. The molecular formula is C9H12N2. The number of nitrogens with zero attached hydrogens (tertiary/aromatic N) is 2.